The Morgan fingerprint density at radius 3 is 2.71 bits per heavy atom. The van der Waals surface area contributed by atoms with Gasteiger partial charge in [0.25, 0.3) is 5.91 Å². The zero-order chi connectivity index (χ0) is 19.5. The lowest BCUT2D eigenvalue weighted by atomic mass is 10.1. The highest BCUT2D eigenvalue weighted by Gasteiger charge is 2.35. The molecule has 0 saturated carbocycles. The van der Waals surface area contributed by atoms with Gasteiger partial charge in [0, 0.05) is 37.1 Å². The number of anilines is 1. The number of nitrogens with one attached hydrogen (secondary N) is 2. The van der Waals surface area contributed by atoms with Gasteiger partial charge in [-0.3, -0.25) is 30.2 Å². The molecule has 1 fully saturated rings. The molecule has 9 heteroatoms. The van der Waals surface area contributed by atoms with Crippen molar-refractivity contribution in [2.75, 3.05) is 24.7 Å². The standard InChI is InChI=1S/C19H18N4O5/c24-17-8-13(19(26)22-21-18(25)12-2-1-5-20-10-12)11-23(17)14-3-4-15-16(9-14)28-7-6-27-15/h1-5,9-10,13H,6-8,11H2,(H,21,25)(H,22,26). The molecular weight excluding hydrogens is 364 g/mol. The molecule has 2 aliphatic heterocycles. The maximum absolute atomic E-state index is 12.4. The topological polar surface area (TPSA) is 110 Å². The van der Waals surface area contributed by atoms with Crippen molar-refractivity contribution in [2.45, 2.75) is 6.42 Å². The molecule has 2 aliphatic rings. The molecule has 2 N–H and O–H groups in total. The number of benzene rings is 1. The van der Waals surface area contributed by atoms with Crippen LogP contribution in [0.2, 0.25) is 0 Å². The first-order chi connectivity index (χ1) is 13.6. The number of rotatable bonds is 3. The first-order valence-electron chi connectivity index (χ1n) is 8.82. The lowest BCUT2D eigenvalue weighted by molar-refractivity contribution is -0.126. The molecule has 0 bridgehead atoms. The summed E-state index contributed by atoms with van der Waals surface area (Å²) in [5.41, 5.74) is 5.68. The Labute approximate surface area is 160 Å². The average molecular weight is 382 g/mol. The monoisotopic (exact) mass is 382 g/mol. The third-order valence-electron chi connectivity index (χ3n) is 4.56. The summed E-state index contributed by atoms with van der Waals surface area (Å²) in [6, 6.07) is 8.44. The van der Waals surface area contributed by atoms with Crippen molar-refractivity contribution in [2.24, 2.45) is 5.92 Å². The normalized spacial score (nSPS) is 17.9. The number of carbonyl (C=O) groups is 3. The van der Waals surface area contributed by atoms with E-state index in [0.717, 1.165) is 0 Å². The number of hydrogen-bond acceptors (Lipinski definition) is 6. The second-order valence-corrected chi connectivity index (χ2v) is 6.42. The predicted molar refractivity (Wildman–Crippen MR) is 97.7 cm³/mol. The minimum atomic E-state index is -0.574. The van der Waals surface area contributed by atoms with E-state index in [1.807, 2.05) is 0 Å². The Balaban J connectivity index is 1.37. The molecular formula is C19H18N4O5. The number of pyridine rings is 1. The van der Waals surface area contributed by atoms with Crippen LogP contribution in [-0.2, 0) is 9.59 Å². The van der Waals surface area contributed by atoms with Crippen LogP contribution in [0.15, 0.2) is 42.7 Å². The minimum absolute atomic E-state index is 0.0586. The van der Waals surface area contributed by atoms with Gasteiger partial charge in [0.2, 0.25) is 11.8 Å². The van der Waals surface area contributed by atoms with E-state index in [0.29, 0.717) is 36.0 Å². The van der Waals surface area contributed by atoms with E-state index < -0.39 is 17.7 Å². The second-order valence-electron chi connectivity index (χ2n) is 6.42. The van der Waals surface area contributed by atoms with Crippen LogP contribution in [0.1, 0.15) is 16.8 Å². The first kappa shape index (κ1) is 17.8. The molecule has 3 amide bonds. The SMILES string of the molecule is O=C(NNC(=O)C1CC(=O)N(c2ccc3c(c2)OCCO3)C1)c1cccnc1. The molecule has 1 atom stereocenters. The Morgan fingerprint density at radius 1 is 1.11 bits per heavy atom. The summed E-state index contributed by atoms with van der Waals surface area (Å²) in [6.45, 7) is 1.15. The number of nitrogens with zero attached hydrogens (tertiary/aromatic N) is 2. The Bertz CT molecular complexity index is 918. The lowest BCUT2D eigenvalue weighted by Gasteiger charge is -2.22. The molecule has 0 radical (unpaired) electrons. The largest absolute Gasteiger partial charge is 0.486 e. The fraction of sp³-hybridized carbons (Fsp3) is 0.263. The van der Waals surface area contributed by atoms with E-state index in [1.54, 1.807) is 36.5 Å². The number of aromatic nitrogens is 1. The van der Waals surface area contributed by atoms with Crippen LogP contribution < -0.4 is 25.2 Å². The van der Waals surface area contributed by atoms with Crippen LogP contribution in [0.3, 0.4) is 0 Å². The Kier molecular flexibility index (Phi) is 4.79. The van der Waals surface area contributed by atoms with Crippen molar-refractivity contribution in [1.29, 1.82) is 0 Å². The summed E-state index contributed by atoms with van der Waals surface area (Å²) in [7, 11) is 0. The summed E-state index contributed by atoms with van der Waals surface area (Å²) in [5.74, 6) is -0.437. The molecule has 0 spiro atoms. The Hall–Kier alpha value is -3.62. The van der Waals surface area contributed by atoms with Crippen molar-refractivity contribution in [3.8, 4) is 11.5 Å². The van der Waals surface area contributed by atoms with Gasteiger partial charge in [0.05, 0.1) is 11.5 Å². The number of ether oxygens (including phenoxy) is 2. The van der Waals surface area contributed by atoms with Crippen molar-refractivity contribution >= 4 is 23.4 Å². The summed E-state index contributed by atoms with van der Waals surface area (Å²) < 4.78 is 11.0. The molecule has 2 aromatic rings. The van der Waals surface area contributed by atoms with Crippen LogP contribution in [0.25, 0.3) is 0 Å². The van der Waals surface area contributed by atoms with E-state index >= 15 is 0 Å². The number of hydrogen-bond donors (Lipinski definition) is 2. The summed E-state index contributed by atoms with van der Waals surface area (Å²) in [6.07, 6.45) is 3.00. The Morgan fingerprint density at radius 2 is 1.93 bits per heavy atom. The first-order valence-corrected chi connectivity index (χ1v) is 8.82. The maximum atomic E-state index is 12.4. The van der Waals surface area contributed by atoms with Gasteiger partial charge in [-0.1, -0.05) is 0 Å². The molecule has 3 heterocycles. The maximum Gasteiger partial charge on any atom is 0.271 e. The van der Waals surface area contributed by atoms with Gasteiger partial charge in [-0.25, -0.2) is 0 Å². The second kappa shape index (κ2) is 7.55. The van der Waals surface area contributed by atoms with E-state index in [-0.39, 0.29) is 18.9 Å². The molecule has 1 aromatic carbocycles. The lowest BCUT2D eigenvalue weighted by Crippen LogP contribution is -2.45. The summed E-state index contributed by atoms with van der Waals surface area (Å²) in [4.78, 5) is 42.1. The number of hydrazine groups is 1. The van der Waals surface area contributed by atoms with Crippen LogP contribution in [0.5, 0.6) is 11.5 Å². The molecule has 1 unspecified atom stereocenters. The number of carbonyl (C=O) groups excluding carboxylic acids is 3. The molecule has 0 aliphatic carbocycles. The van der Waals surface area contributed by atoms with Crippen molar-refractivity contribution < 1.29 is 23.9 Å². The highest BCUT2D eigenvalue weighted by Crippen LogP contribution is 2.35. The van der Waals surface area contributed by atoms with Crippen LogP contribution in [0, 0.1) is 5.92 Å². The van der Waals surface area contributed by atoms with Gasteiger partial charge in [-0.2, -0.15) is 0 Å². The van der Waals surface area contributed by atoms with E-state index in [2.05, 4.69) is 15.8 Å². The summed E-state index contributed by atoms with van der Waals surface area (Å²) in [5, 5.41) is 0. The van der Waals surface area contributed by atoms with Gasteiger partial charge in [-0.15, -0.1) is 0 Å². The minimum Gasteiger partial charge on any atom is -0.486 e. The van der Waals surface area contributed by atoms with Crippen LogP contribution in [-0.4, -0.2) is 42.5 Å². The quantitative estimate of drug-likeness (QED) is 0.755. The highest BCUT2D eigenvalue weighted by molar-refractivity contribution is 6.01. The molecule has 1 saturated heterocycles. The highest BCUT2D eigenvalue weighted by atomic mass is 16.6. The molecule has 4 rings (SSSR count). The number of fused-ring (bicyclic) bond motifs is 1. The van der Waals surface area contributed by atoms with E-state index in [4.69, 9.17) is 9.47 Å². The zero-order valence-corrected chi connectivity index (χ0v) is 14.9. The molecule has 144 valence electrons. The number of amides is 3. The van der Waals surface area contributed by atoms with Crippen molar-refractivity contribution in [1.82, 2.24) is 15.8 Å². The molecule has 1 aromatic heterocycles. The van der Waals surface area contributed by atoms with E-state index in [9.17, 15) is 14.4 Å². The van der Waals surface area contributed by atoms with Crippen LogP contribution in [0.4, 0.5) is 5.69 Å². The van der Waals surface area contributed by atoms with Crippen molar-refractivity contribution in [3.05, 3.63) is 48.3 Å². The van der Waals surface area contributed by atoms with Crippen LogP contribution >= 0.6 is 0 Å². The molecule has 28 heavy (non-hydrogen) atoms. The fourth-order valence-electron chi connectivity index (χ4n) is 3.12. The average Bonchev–Trinajstić information content (AvgIpc) is 3.13. The van der Waals surface area contributed by atoms with E-state index in [1.165, 1.54) is 11.1 Å². The van der Waals surface area contributed by atoms with Gasteiger partial charge in [-0.05, 0) is 24.3 Å². The van der Waals surface area contributed by atoms with Gasteiger partial charge in [0.1, 0.15) is 13.2 Å². The fourth-order valence-corrected chi connectivity index (χ4v) is 3.12. The molecule has 9 nitrogen and oxygen atoms in total. The smallest absolute Gasteiger partial charge is 0.271 e. The summed E-state index contributed by atoms with van der Waals surface area (Å²) >= 11 is 0. The third kappa shape index (κ3) is 3.59. The zero-order valence-electron chi connectivity index (χ0n) is 14.9. The van der Waals surface area contributed by atoms with Crippen molar-refractivity contribution in [3.63, 3.8) is 0 Å². The van der Waals surface area contributed by atoms with Gasteiger partial charge >= 0.3 is 0 Å². The van der Waals surface area contributed by atoms with Gasteiger partial charge < -0.3 is 14.4 Å². The van der Waals surface area contributed by atoms with Gasteiger partial charge in [0.15, 0.2) is 11.5 Å². The third-order valence-corrected chi connectivity index (χ3v) is 4.56. The predicted octanol–water partition coefficient (Wildman–Crippen LogP) is 0.667.